The zero-order chi connectivity index (χ0) is 28.8. The molecule has 0 aliphatic carbocycles. The molecule has 0 radical (unpaired) electrons. The minimum Gasteiger partial charge on any atom is -0.444 e. The molecule has 0 bridgehead atoms. The summed E-state index contributed by atoms with van der Waals surface area (Å²) in [5.74, 6) is 0. The Kier molecular flexibility index (Phi) is 11.1. The highest BCUT2D eigenvalue weighted by molar-refractivity contribution is 5.76. The Morgan fingerprint density at radius 3 is 1.47 bits per heavy atom. The van der Waals surface area contributed by atoms with Gasteiger partial charge in [0.25, 0.3) is 0 Å². The molecular weight excluding hydrogens is 490 g/mol. The third-order valence-corrected chi connectivity index (χ3v) is 6.28. The van der Waals surface area contributed by atoms with E-state index in [1.807, 2.05) is 65.2 Å². The molecule has 0 aromatic carbocycles. The van der Waals surface area contributed by atoms with E-state index in [1.54, 1.807) is 9.80 Å². The van der Waals surface area contributed by atoms with Crippen LogP contribution in [-0.4, -0.2) is 126 Å². The first-order chi connectivity index (χ1) is 17.5. The molecule has 3 heterocycles. The second-order valence-corrected chi connectivity index (χ2v) is 12.7. The summed E-state index contributed by atoms with van der Waals surface area (Å²) in [7, 11) is 0. The zero-order valence-electron chi connectivity index (χ0n) is 25.2. The molecule has 0 aromatic heterocycles. The van der Waals surface area contributed by atoms with Crippen molar-refractivity contribution >= 4 is 18.2 Å². The van der Waals surface area contributed by atoms with E-state index in [-0.39, 0.29) is 30.3 Å². The molecule has 1 N–H and O–H groups in total. The van der Waals surface area contributed by atoms with Crippen LogP contribution in [-0.2, 0) is 14.2 Å². The lowest BCUT2D eigenvalue weighted by atomic mass is 10.1. The van der Waals surface area contributed by atoms with E-state index in [9.17, 15) is 14.4 Å². The second kappa shape index (κ2) is 13.2. The first kappa shape index (κ1) is 31.9. The highest BCUT2D eigenvalue weighted by Gasteiger charge is 2.38. The number of morpholine rings is 1. The Bertz CT molecular complexity index is 783. The van der Waals surface area contributed by atoms with Gasteiger partial charge in [0.2, 0.25) is 0 Å². The van der Waals surface area contributed by atoms with Gasteiger partial charge in [0, 0.05) is 63.4 Å². The van der Waals surface area contributed by atoms with E-state index in [1.165, 1.54) is 0 Å². The molecule has 3 rings (SSSR count). The van der Waals surface area contributed by atoms with E-state index in [2.05, 4.69) is 19.2 Å². The summed E-state index contributed by atoms with van der Waals surface area (Å²) in [5.41, 5.74) is -0.918. The maximum absolute atomic E-state index is 12.7. The fraction of sp³-hybridized carbons (Fsp3) is 0.889. The first-order valence-corrected chi connectivity index (χ1v) is 13.8. The van der Waals surface area contributed by atoms with Gasteiger partial charge in [-0.25, -0.2) is 14.4 Å². The average molecular weight is 542 g/mol. The lowest BCUT2D eigenvalue weighted by Gasteiger charge is -2.46. The number of amides is 4. The van der Waals surface area contributed by atoms with Gasteiger partial charge in [-0.2, -0.15) is 0 Å². The summed E-state index contributed by atoms with van der Waals surface area (Å²) in [6.45, 7) is 24.2. The van der Waals surface area contributed by atoms with E-state index < -0.39 is 11.2 Å². The summed E-state index contributed by atoms with van der Waals surface area (Å²) in [6, 6.07) is 0.628. The molecule has 4 amide bonds. The molecule has 0 aromatic rings. The molecular formula is C27H51N5O6. The van der Waals surface area contributed by atoms with E-state index >= 15 is 0 Å². The van der Waals surface area contributed by atoms with E-state index in [4.69, 9.17) is 14.2 Å². The van der Waals surface area contributed by atoms with Crippen LogP contribution in [0, 0.1) is 0 Å². The maximum atomic E-state index is 12.7. The number of piperazine rings is 2. The van der Waals surface area contributed by atoms with Crippen LogP contribution in [0.3, 0.4) is 0 Å². The van der Waals surface area contributed by atoms with Gasteiger partial charge in [-0.15, -0.1) is 0 Å². The minimum absolute atomic E-state index is 0.0390. The van der Waals surface area contributed by atoms with Gasteiger partial charge >= 0.3 is 18.2 Å². The monoisotopic (exact) mass is 541 g/mol. The van der Waals surface area contributed by atoms with Crippen LogP contribution in [0.15, 0.2) is 0 Å². The fourth-order valence-corrected chi connectivity index (χ4v) is 4.90. The first-order valence-electron chi connectivity index (χ1n) is 13.8. The van der Waals surface area contributed by atoms with Gasteiger partial charge in [-0.1, -0.05) is 0 Å². The summed E-state index contributed by atoms with van der Waals surface area (Å²) in [6.07, 6.45) is -0.516. The predicted octanol–water partition coefficient (Wildman–Crippen LogP) is 3.37. The van der Waals surface area contributed by atoms with Crippen LogP contribution >= 0.6 is 0 Å². The van der Waals surface area contributed by atoms with Crippen molar-refractivity contribution in [1.82, 2.24) is 24.9 Å². The van der Waals surface area contributed by atoms with Gasteiger partial charge < -0.3 is 39.1 Å². The second-order valence-electron chi connectivity index (χ2n) is 12.7. The number of urea groups is 1. The summed E-state index contributed by atoms with van der Waals surface area (Å²) < 4.78 is 16.1. The highest BCUT2D eigenvalue weighted by atomic mass is 16.6. The summed E-state index contributed by atoms with van der Waals surface area (Å²) in [5, 5.41) is 3.38. The lowest BCUT2D eigenvalue weighted by molar-refractivity contribution is -0.00824. The topological polar surface area (TPSA) is 104 Å². The smallest absolute Gasteiger partial charge is 0.410 e. The molecule has 11 nitrogen and oxygen atoms in total. The van der Waals surface area contributed by atoms with Gasteiger partial charge in [0.1, 0.15) is 11.2 Å². The zero-order valence-corrected chi connectivity index (χ0v) is 25.2. The van der Waals surface area contributed by atoms with Crippen LogP contribution < -0.4 is 5.32 Å². The SMILES string of the molecule is CC1CN(C(=O)OC(C)(C)C)CC(C)N1.CC1CN(C(=O)OC(C)(C)C)CC(C)N1C(=O)N1CCOCC1. The van der Waals surface area contributed by atoms with Crippen molar-refractivity contribution in [2.45, 2.75) is 105 Å². The molecule has 4 unspecified atom stereocenters. The van der Waals surface area contributed by atoms with Crippen molar-refractivity contribution in [2.24, 2.45) is 0 Å². The van der Waals surface area contributed by atoms with Crippen LogP contribution in [0.2, 0.25) is 0 Å². The van der Waals surface area contributed by atoms with Crippen molar-refractivity contribution < 1.29 is 28.6 Å². The standard InChI is InChI=1S/C16H29N3O4.C11H22N2O2/c1-12-10-18(15(21)23-16(3,4)5)11-13(2)19(12)14(20)17-6-8-22-9-7-17;1-8-6-13(7-9(2)12-8)10(14)15-11(3,4)5/h12-13H,6-11H2,1-5H3;8-9,12H,6-7H2,1-5H3. The van der Waals surface area contributed by atoms with Gasteiger partial charge in [0.05, 0.1) is 13.2 Å². The van der Waals surface area contributed by atoms with Crippen LogP contribution in [0.4, 0.5) is 14.4 Å². The van der Waals surface area contributed by atoms with Crippen molar-refractivity contribution in [3.8, 4) is 0 Å². The Labute approximate surface area is 229 Å². The molecule has 11 heteroatoms. The number of hydrogen-bond acceptors (Lipinski definition) is 7. The third-order valence-electron chi connectivity index (χ3n) is 6.28. The Balaban J connectivity index is 0.000000293. The molecule has 38 heavy (non-hydrogen) atoms. The molecule has 0 saturated carbocycles. The predicted molar refractivity (Wildman–Crippen MR) is 146 cm³/mol. The largest absolute Gasteiger partial charge is 0.444 e. The van der Waals surface area contributed by atoms with E-state index in [0.29, 0.717) is 51.5 Å². The minimum atomic E-state index is -0.510. The number of nitrogens with zero attached hydrogens (tertiary/aromatic N) is 4. The third kappa shape index (κ3) is 10.1. The van der Waals surface area contributed by atoms with Gasteiger partial charge in [-0.3, -0.25) is 0 Å². The quantitative estimate of drug-likeness (QED) is 0.501. The number of carbonyl (C=O) groups is 3. The van der Waals surface area contributed by atoms with Crippen LogP contribution in [0.1, 0.15) is 69.2 Å². The van der Waals surface area contributed by atoms with Crippen molar-refractivity contribution in [1.29, 1.82) is 0 Å². The van der Waals surface area contributed by atoms with Gasteiger partial charge in [-0.05, 0) is 69.2 Å². The Hall–Kier alpha value is -2.27. The lowest BCUT2D eigenvalue weighted by Crippen LogP contribution is -2.63. The maximum Gasteiger partial charge on any atom is 0.410 e. The highest BCUT2D eigenvalue weighted by Crippen LogP contribution is 2.21. The Morgan fingerprint density at radius 2 is 1.08 bits per heavy atom. The van der Waals surface area contributed by atoms with Crippen molar-refractivity contribution in [2.75, 3.05) is 52.5 Å². The summed E-state index contributed by atoms with van der Waals surface area (Å²) >= 11 is 0. The van der Waals surface area contributed by atoms with Crippen molar-refractivity contribution in [3.63, 3.8) is 0 Å². The van der Waals surface area contributed by atoms with Crippen molar-refractivity contribution in [3.05, 3.63) is 0 Å². The van der Waals surface area contributed by atoms with Crippen LogP contribution in [0.25, 0.3) is 0 Å². The average Bonchev–Trinajstić information content (AvgIpc) is 2.76. The number of carbonyl (C=O) groups excluding carboxylic acids is 3. The van der Waals surface area contributed by atoms with Gasteiger partial charge in [0.15, 0.2) is 0 Å². The molecule has 4 atom stereocenters. The molecule has 220 valence electrons. The van der Waals surface area contributed by atoms with Crippen LogP contribution in [0.5, 0.6) is 0 Å². The van der Waals surface area contributed by atoms with E-state index in [0.717, 1.165) is 13.1 Å². The fourth-order valence-electron chi connectivity index (χ4n) is 4.90. The molecule has 3 aliphatic rings. The molecule has 3 aliphatic heterocycles. The normalized spacial score (nSPS) is 26.8. The molecule has 3 fully saturated rings. The molecule has 3 saturated heterocycles. The summed E-state index contributed by atoms with van der Waals surface area (Å²) in [4.78, 5) is 44.0. The number of ether oxygens (including phenoxy) is 3. The number of hydrogen-bond donors (Lipinski definition) is 1. The molecule has 0 spiro atoms. The number of rotatable bonds is 0. The number of nitrogens with one attached hydrogen (secondary N) is 1. The Morgan fingerprint density at radius 1 is 0.684 bits per heavy atom.